The van der Waals surface area contributed by atoms with Gasteiger partial charge in [0.05, 0.1) is 6.61 Å². The summed E-state index contributed by atoms with van der Waals surface area (Å²) in [5.41, 5.74) is -0.0276. The molecule has 0 aromatic rings. The zero-order valence-corrected chi connectivity index (χ0v) is 10.4. The second-order valence-electron chi connectivity index (χ2n) is 5.05. The lowest BCUT2D eigenvalue weighted by atomic mass is 9.90. The van der Waals surface area contributed by atoms with Gasteiger partial charge in [-0.3, -0.25) is 0 Å². The van der Waals surface area contributed by atoms with Crippen molar-refractivity contribution >= 4 is 0 Å². The van der Waals surface area contributed by atoms with Crippen molar-refractivity contribution < 1.29 is 5.11 Å². The van der Waals surface area contributed by atoms with Gasteiger partial charge in [-0.25, -0.2) is 0 Å². The fourth-order valence-electron chi connectivity index (χ4n) is 2.30. The zero-order valence-electron chi connectivity index (χ0n) is 10.4. The predicted octanol–water partition coefficient (Wildman–Crippen LogP) is 1.22. The largest absolute Gasteiger partial charge is 0.394 e. The average Bonchev–Trinajstić information content (AvgIpc) is 2.42. The first kappa shape index (κ1) is 12.9. The van der Waals surface area contributed by atoms with E-state index in [-0.39, 0.29) is 12.1 Å². The fraction of sp³-hybridized carbons (Fsp3) is 1.00. The lowest BCUT2D eigenvalue weighted by molar-refractivity contribution is 0.132. The molecular weight excluding hydrogens is 188 g/mol. The molecule has 3 heteroatoms. The summed E-state index contributed by atoms with van der Waals surface area (Å²) in [5, 5.41) is 13.2. The molecule has 0 amide bonds. The highest BCUT2D eigenvalue weighted by Crippen LogP contribution is 2.22. The summed E-state index contributed by atoms with van der Waals surface area (Å²) in [6.07, 6.45) is 4.46. The molecule has 1 aliphatic rings. The van der Waals surface area contributed by atoms with Crippen LogP contribution in [0.25, 0.3) is 0 Å². The molecule has 3 nitrogen and oxygen atoms in total. The summed E-state index contributed by atoms with van der Waals surface area (Å²) >= 11 is 0. The molecule has 0 radical (unpaired) electrons. The third kappa shape index (κ3) is 3.74. The minimum absolute atomic E-state index is 0.0276. The maximum absolute atomic E-state index is 9.62. The van der Waals surface area contributed by atoms with Gasteiger partial charge in [0.25, 0.3) is 0 Å². The van der Waals surface area contributed by atoms with Crippen LogP contribution in [0.1, 0.15) is 39.5 Å². The SMILES string of the molecule is CCC(C)NC1(CO)CCCN(C)CC1. The molecule has 0 saturated carbocycles. The number of likely N-dealkylation sites (tertiary alicyclic amines) is 1. The summed E-state index contributed by atoms with van der Waals surface area (Å²) in [4.78, 5) is 2.36. The number of hydrogen-bond donors (Lipinski definition) is 2. The summed E-state index contributed by atoms with van der Waals surface area (Å²) in [6.45, 7) is 6.90. The molecule has 1 heterocycles. The van der Waals surface area contributed by atoms with Gasteiger partial charge in [0.1, 0.15) is 0 Å². The minimum Gasteiger partial charge on any atom is -0.394 e. The number of rotatable bonds is 4. The van der Waals surface area contributed by atoms with Crippen LogP contribution in [0.2, 0.25) is 0 Å². The van der Waals surface area contributed by atoms with E-state index in [1.54, 1.807) is 0 Å². The van der Waals surface area contributed by atoms with Gasteiger partial charge >= 0.3 is 0 Å². The van der Waals surface area contributed by atoms with Crippen LogP contribution in [0.3, 0.4) is 0 Å². The molecule has 0 aliphatic carbocycles. The summed E-state index contributed by atoms with van der Waals surface area (Å²) in [6, 6.07) is 0.501. The van der Waals surface area contributed by atoms with E-state index in [0.29, 0.717) is 6.04 Å². The van der Waals surface area contributed by atoms with E-state index in [2.05, 4.69) is 31.1 Å². The molecule has 2 N–H and O–H groups in total. The third-order valence-corrected chi connectivity index (χ3v) is 3.63. The summed E-state index contributed by atoms with van der Waals surface area (Å²) in [5.74, 6) is 0. The van der Waals surface area contributed by atoms with Crippen LogP contribution >= 0.6 is 0 Å². The van der Waals surface area contributed by atoms with Crippen molar-refractivity contribution in [3.63, 3.8) is 0 Å². The molecular formula is C12H26N2O. The normalized spacial score (nSPS) is 31.2. The van der Waals surface area contributed by atoms with Gasteiger partial charge in [-0.05, 0) is 52.7 Å². The number of aliphatic hydroxyl groups excluding tert-OH is 1. The Morgan fingerprint density at radius 3 is 2.73 bits per heavy atom. The second-order valence-corrected chi connectivity index (χ2v) is 5.05. The molecule has 1 rings (SSSR count). The number of hydrogen-bond acceptors (Lipinski definition) is 3. The van der Waals surface area contributed by atoms with Gasteiger partial charge in [-0.1, -0.05) is 6.92 Å². The topological polar surface area (TPSA) is 35.5 Å². The Kier molecular flexibility index (Phi) is 5.03. The van der Waals surface area contributed by atoms with Crippen LogP contribution in [0.4, 0.5) is 0 Å². The molecule has 1 fully saturated rings. The molecule has 2 atom stereocenters. The van der Waals surface area contributed by atoms with Crippen molar-refractivity contribution in [2.75, 3.05) is 26.7 Å². The van der Waals surface area contributed by atoms with Crippen LogP contribution in [-0.4, -0.2) is 48.3 Å². The Morgan fingerprint density at radius 2 is 2.13 bits per heavy atom. The van der Waals surface area contributed by atoms with Gasteiger partial charge in [0, 0.05) is 11.6 Å². The Morgan fingerprint density at radius 1 is 1.40 bits per heavy atom. The van der Waals surface area contributed by atoms with Crippen molar-refractivity contribution in [1.82, 2.24) is 10.2 Å². The molecule has 0 aromatic heterocycles. The first-order valence-corrected chi connectivity index (χ1v) is 6.19. The Hall–Kier alpha value is -0.120. The lowest BCUT2D eigenvalue weighted by Crippen LogP contribution is -2.52. The van der Waals surface area contributed by atoms with E-state index in [1.165, 1.54) is 6.42 Å². The van der Waals surface area contributed by atoms with Crippen LogP contribution in [0.5, 0.6) is 0 Å². The second kappa shape index (κ2) is 5.83. The van der Waals surface area contributed by atoms with Gasteiger partial charge in [0.2, 0.25) is 0 Å². The number of nitrogens with one attached hydrogen (secondary N) is 1. The van der Waals surface area contributed by atoms with Crippen molar-refractivity contribution in [3.8, 4) is 0 Å². The molecule has 15 heavy (non-hydrogen) atoms. The minimum atomic E-state index is -0.0276. The molecule has 0 bridgehead atoms. The molecule has 1 aliphatic heterocycles. The third-order valence-electron chi connectivity index (χ3n) is 3.63. The Labute approximate surface area is 93.9 Å². The van der Waals surface area contributed by atoms with E-state index in [0.717, 1.165) is 32.4 Å². The Balaban J connectivity index is 2.57. The van der Waals surface area contributed by atoms with Crippen LogP contribution < -0.4 is 5.32 Å². The molecule has 90 valence electrons. The molecule has 2 unspecified atom stereocenters. The molecule has 0 spiro atoms. The first-order chi connectivity index (χ1) is 7.12. The van der Waals surface area contributed by atoms with E-state index in [1.807, 2.05) is 0 Å². The van der Waals surface area contributed by atoms with Crippen LogP contribution in [0, 0.1) is 0 Å². The van der Waals surface area contributed by atoms with Crippen LogP contribution in [-0.2, 0) is 0 Å². The fourth-order valence-corrected chi connectivity index (χ4v) is 2.30. The highest BCUT2D eigenvalue weighted by molar-refractivity contribution is 4.92. The van der Waals surface area contributed by atoms with E-state index in [4.69, 9.17) is 0 Å². The standard InChI is InChI=1S/C12H26N2O/c1-4-11(2)13-12(10-15)6-5-8-14(3)9-7-12/h11,13,15H,4-10H2,1-3H3. The van der Waals surface area contributed by atoms with Crippen LogP contribution in [0.15, 0.2) is 0 Å². The zero-order chi connectivity index (χ0) is 11.3. The predicted molar refractivity (Wildman–Crippen MR) is 64.1 cm³/mol. The van der Waals surface area contributed by atoms with E-state index < -0.39 is 0 Å². The van der Waals surface area contributed by atoms with Gasteiger partial charge in [-0.15, -0.1) is 0 Å². The maximum Gasteiger partial charge on any atom is 0.0613 e. The van der Waals surface area contributed by atoms with E-state index >= 15 is 0 Å². The average molecular weight is 214 g/mol. The van der Waals surface area contributed by atoms with Gasteiger partial charge in [-0.2, -0.15) is 0 Å². The summed E-state index contributed by atoms with van der Waals surface area (Å²) in [7, 11) is 2.16. The highest BCUT2D eigenvalue weighted by atomic mass is 16.3. The van der Waals surface area contributed by atoms with Crippen molar-refractivity contribution in [1.29, 1.82) is 0 Å². The highest BCUT2D eigenvalue weighted by Gasteiger charge is 2.31. The maximum atomic E-state index is 9.62. The van der Waals surface area contributed by atoms with Gasteiger partial charge in [0.15, 0.2) is 0 Å². The quantitative estimate of drug-likeness (QED) is 0.738. The van der Waals surface area contributed by atoms with Crippen molar-refractivity contribution in [3.05, 3.63) is 0 Å². The molecule has 0 aromatic carbocycles. The molecule has 1 saturated heterocycles. The van der Waals surface area contributed by atoms with E-state index in [9.17, 15) is 5.11 Å². The Bertz CT molecular complexity index is 186. The summed E-state index contributed by atoms with van der Waals surface area (Å²) < 4.78 is 0. The lowest BCUT2D eigenvalue weighted by Gasteiger charge is -2.35. The monoisotopic (exact) mass is 214 g/mol. The first-order valence-electron chi connectivity index (χ1n) is 6.19. The van der Waals surface area contributed by atoms with Crippen molar-refractivity contribution in [2.45, 2.75) is 51.1 Å². The smallest absolute Gasteiger partial charge is 0.0613 e. The number of nitrogens with zero attached hydrogens (tertiary/aromatic N) is 1. The van der Waals surface area contributed by atoms with Gasteiger partial charge < -0.3 is 15.3 Å². The van der Waals surface area contributed by atoms with Crippen molar-refractivity contribution in [2.24, 2.45) is 0 Å². The number of aliphatic hydroxyl groups is 1.